The number of benzene rings is 2. The molecule has 5 heteroatoms. The number of imidazole rings is 1. The van der Waals surface area contributed by atoms with Crippen molar-refractivity contribution in [2.75, 3.05) is 0 Å². The van der Waals surface area contributed by atoms with Gasteiger partial charge in [-0.05, 0) is 29.3 Å². The lowest BCUT2D eigenvalue weighted by molar-refractivity contribution is 0.558. The maximum atomic E-state index is 4.54. The lowest BCUT2D eigenvalue weighted by Crippen LogP contribution is -2.24. The molecule has 0 aliphatic carbocycles. The molecule has 0 spiro atoms. The molecule has 0 amide bonds. The molecule has 0 unspecified atom stereocenters. The van der Waals surface area contributed by atoms with Crippen LogP contribution in [0.4, 0.5) is 0 Å². The second-order valence-electron chi connectivity index (χ2n) is 6.24. The van der Waals surface area contributed by atoms with E-state index in [1.807, 2.05) is 42.5 Å². The zero-order valence-corrected chi connectivity index (χ0v) is 14.7. The van der Waals surface area contributed by atoms with Gasteiger partial charge in [-0.15, -0.1) is 0 Å². The zero-order valence-electron chi connectivity index (χ0n) is 14.7. The molecule has 0 bridgehead atoms. The second kappa shape index (κ2) is 7.37. The summed E-state index contributed by atoms with van der Waals surface area (Å²) in [5.74, 6) is 1.00. The van der Waals surface area contributed by atoms with E-state index in [9.17, 15) is 0 Å². The van der Waals surface area contributed by atoms with Crippen molar-refractivity contribution in [1.29, 1.82) is 0 Å². The van der Waals surface area contributed by atoms with Crippen LogP contribution < -0.4 is 5.32 Å². The van der Waals surface area contributed by atoms with Gasteiger partial charge in [0.2, 0.25) is 0 Å². The van der Waals surface area contributed by atoms with Crippen LogP contribution in [0.5, 0.6) is 0 Å². The minimum atomic E-state index is 0.0435. The fraction of sp³-hybridized carbons (Fsp3) is 0.143. The van der Waals surface area contributed by atoms with E-state index in [2.05, 4.69) is 68.5 Å². The summed E-state index contributed by atoms with van der Waals surface area (Å²) in [7, 11) is 2.03. The Labute approximate surface area is 152 Å². The second-order valence-corrected chi connectivity index (χ2v) is 6.24. The predicted molar refractivity (Wildman–Crippen MR) is 102 cm³/mol. The van der Waals surface area contributed by atoms with Crippen LogP contribution in [-0.4, -0.2) is 19.3 Å². The molecule has 2 aromatic carbocycles. The molecule has 2 aromatic heterocycles. The van der Waals surface area contributed by atoms with E-state index < -0.39 is 0 Å². The topological polar surface area (TPSA) is 47.7 Å². The molecule has 26 heavy (non-hydrogen) atoms. The summed E-state index contributed by atoms with van der Waals surface area (Å²) in [6.07, 6.45) is 7.55. The first kappa shape index (κ1) is 16.3. The molecule has 2 heterocycles. The highest BCUT2D eigenvalue weighted by Gasteiger charge is 2.17. The SMILES string of the molecule is Cn1ccnc1[C@H](NCc1ccc(-n2cccn2)cc1)c1ccccc1. The van der Waals surface area contributed by atoms with Gasteiger partial charge >= 0.3 is 0 Å². The maximum absolute atomic E-state index is 4.54. The van der Waals surface area contributed by atoms with E-state index in [0.717, 1.165) is 18.1 Å². The van der Waals surface area contributed by atoms with Gasteiger partial charge in [-0.2, -0.15) is 5.10 Å². The molecule has 0 radical (unpaired) electrons. The number of hydrogen-bond donors (Lipinski definition) is 1. The molecule has 1 atom stereocenters. The van der Waals surface area contributed by atoms with Crippen LogP contribution in [0.2, 0.25) is 0 Å². The van der Waals surface area contributed by atoms with Gasteiger partial charge in [-0.25, -0.2) is 9.67 Å². The molecule has 0 aliphatic heterocycles. The normalized spacial score (nSPS) is 12.2. The molecule has 0 saturated heterocycles. The van der Waals surface area contributed by atoms with E-state index >= 15 is 0 Å². The van der Waals surface area contributed by atoms with Crippen LogP contribution in [0.3, 0.4) is 0 Å². The maximum Gasteiger partial charge on any atom is 0.130 e. The van der Waals surface area contributed by atoms with Gasteiger partial charge in [0.15, 0.2) is 0 Å². The Morgan fingerprint density at radius 2 is 1.73 bits per heavy atom. The summed E-state index contributed by atoms with van der Waals surface area (Å²) in [6, 6.07) is 20.8. The first-order chi connectivity index (χ1) is 12.8. The number of nitrogens with one attached hydrogen (secondary N) is 1. The number of aromatic nitrogens is 4. The molecule has 4 aromatic rings. The Morgan fingerprint density at radius 3 is 2.38 bits per heavy atom. The largest absolute Gasteiger partial charge is 0.336 e. The summed E-state index contributed by atoms with van der Waals surface area (Å²) < 4.78 is 3.92. The summed E-state index contributed by atoms with van der Waals surface area (Å²) in [4.78, 5) is 4.54. The number of aryl methyl sites for hydroxylation is 1. The monoisotopic (exact) mass is 343 g/mol. The fourth-order valence-electron chi connectivity index (χ4n) is 3.07. The zero-order chi connectivity index (χ0) is 17.8. The van der Waals surface area contributed by atoms with Gasteiger partial charge < -0.3 is 4.57 Å². The molecular weight excluding hydrogens is 322 g/mol. The first-order valence-corrected chi connectivity index (χ1v) is 8.66. The number of rotatable bonds is 6. The van der Waals surface area contributed by atoms with E-state index in [0.29, 0.717) is 0 Å². The summed E-state index contributed by atoms with van der Waals surface area (Å²) in [6.45, 7) is 0.756. The molecule has 1 N–H and O–H groups in total. The van der Waals surface area contributed by atoms with Gasteiger partial charge in [0.25, 0.3) is 0 Å². The van der Waals surface area contributed by atoms with Crippen LogP contribution in [0.1, 0.15) is 23.0 Å². The Bertz CT molecular complexity index is 940. The molecular formula is C21H21N5. The predicted octanol–water partition coefficient (Wildman–Crippen LogP) is 3.49. The summed E-state index contributed by atoms with van der Waals surface area (Å²) in [5, 5.41) is 7.91. The van der Waals surface area contributed by atoms with Crippen molar-refractivity contribution in [1.82, 2.24) is 24.6 Å². The summed E-state index contributed by atoms with van der Waals surface area (Å²) >= 11 is 0. The Hall–Kier alpha value is -3.18. The average Bonchev–Trinajstić information content (AvgIpc) is 3.36. The van der Waals surface area contributed by atoms with Crippen LogP contribution in [0.15, 0.2) is 85.5 Å². The van der Waals surface area contributed by atoms with E-state index in [1.165, 1.54) is 11.1 Å². The standard InChI is InChI=1S/C21H21N5/c1-25-15-13-22-21(25)20(18-6-3-2-4-7-18)23-16-17-8-10-19(11-9-17)26-14-5-12-24-26/h2-15,20,23H,16H2,1H3/t20-/m1/s1. The molecule has 0 fully saturated rings. The molecule has 4 rings (SSSR count). The van der Waals surface area contributed by atoms with Gasteiger partial charge in [0.05, 0.1) is 11.7 Å². The van der Waals surface area contributed by atoms with Crippen molar-refractivity contribution in [2.45, 2.75) is 12.6 Å². The molecule has 0 saturated carbocycles. The van der Waals surface area contributed by atoms with Crippen LogP contribution in [-0.2, 0) is 13.6 Å². The minimum absolute atomic E-state index is 0.0435. The van der Waals surface area contributed by atoms with E-state index in [1.54, 1.807) is 6.20 Å². The molecule has 130 valence electrons. The third-order valence-corrected chi connectivity index (χ3v) is 4.47. The third kappa shape index (κ3) is 3.43. The van der Waals surface area contributed by atoms with Crippen LogP contribution in [0.25, 0.3) is 5.69 Å². The highest BCUT2D eigenvalue weighted by atomic mass is 15.3. The average molecular weight is 343 g/mol. The molecule has 5 nitrogen and oxygen atoms in total. The van der Waals surface area contributed by atoms with Crippen molar-refractivity contribution < 1.29 is 0 Å². The van der Waals surface area contributed by atoms with Crippen LogP contribution >= 0.6 is 0 Å². The first-order valence-electron chi connectivity index (χ1n) is 8.66. The molecule has 0 aliphatic rings. The highest BCUT2D eigenvalue weighted by molar-refractivity contribution is 5.34. The quantitative estimate of drug-likeness (QED) is 0.583. The number of hydrogen-bond acceptors (Lipinski definition) is 3. The van der Waals surface area contributed by atoms with Crippen LogP contribution in [0, 0.1) is 0 Å². The number of nitrogens with zero attached hydrogens (tertiary/aromatic N) is 4. The lowest BCUT2D eigenvalue weighted by atomic mass is 10.1. The Kier molecular flexibility index (Phi) is 4.62. The fourth-order valence-corrected chi connectivity index (χ4v) is 3.07. The third-order valence-electron chi connectivity index (χ3n) is 4.47. The van der Waals surface area contributed by atoms with Gasteiger partial charge in [0, 0.05) is 38.4 Å². The van der Waals surface area contributed by atoms with E-state index in [4.69, 9.17) is 0 Å². The van der Waals surface area contributed by atoms with Crippen molar-refractivity contribution in [2.24, 2.45) is 7.05 Å². The van der Waals surface area contributed by atoms with Gasteiger partial charge in [0.1, 0.15) is 5.82 Å². The van der Waals surface area contributed by atoms with Gasteiger partial charge in [-0.3, -0.25) is 5.32 Å². The van der Waals surface area contributed by atoms with Crippen molar-refractivity contribution in [3.8, 4) is 5.69 Å². The summed E-state index contributed by atoms with van der Waals surface area (Å²) in [5.41, 5.74) is 3.48. The Morgan fingerprint density at radius 1 is 0.923 bits per heavy atom. The minimum Gasteiger partial charge on any atom is -0.336 e. The Balaban J connectivity index is 1.53. The van der Waals surface area contributed by atoms with Crippen molar-refractivity contribution in [3.63, 3.8) is 0 Å². The van der Waals surface area contributed by atoms with Crippen molar-refractivity contribution >= 4 is 0 Å². The van der Waals surface area contributed by atoms with Crippen molar-refractivity contribution in [3.05, 3.63) is 102 Å². The van der Waals surface area contributed by atoms with E-state index in [-0.39, 0.29) is 6.04 Å². The van der Waals surface area contributed by atoms with Gasteiger partial charge in [-0.1, -0.05) is 42.5 Å². The smallest absolute Gasteiger partial charge is 0.130 e. The lowest BCUT2D eigenvalue weighted by Gasteiger charge is -2.19. The highest BCUT2D eigenvalue weighted by Crippen LogP contribution is 2.21.